The van der Waals surface area contributed by atoms with Crippen molar-refractivity contribution in [1.82, 2.24) is 4.98 Å². The van der Waals surface area contributed by atoms with Gasteiger partial charge in [-0.15, -0.1) is 0 Å². The number of aromatic nitrogens is 1. The zero-order chi connectivity index (χ0) is 20.8. The van der Waals surface area contributed by atoms with Gasteiger partial charge in [-0.1, -0.05) is 45.4 Å². The van der Waals surface area contributed by atoms with Gasteiger partial charge in [0, 0.05) is 23.5 Å². The highest BCUT2D eigenvalue weighted by Gasteiger charge is 2.33. The maximum atomic E-state index is 12.2. The fourth-order valence-corrected chi connectivity index (χ4v) is 4.43. The van der Waals surface area contributed by atoms with Crippen molar-refractivity contribution < 1.29 is 19.1 Å². The minimum Gasteiger partial charge on any atom is -0.460 e. The molecule has 1 fully saturated rings. The van der Waals surface area contributed by atoms with E-state index in [9.17, 15) is 9.59 Å². The summed E-state index contributed by atoms with van der Waals surface area (Å²) in [5, 5.41) is 1.19. The molecule has 5 nitrogen and oxygen atoms in total. The van der Waals surface area contributed by atoms with Gasteiger partial charge in [-0.2, -0.15) is 0 Å². The summed E-state index contributed by atoms with van der Waals surface area (Å²) in [7, 11) is 0. The zero-order valence-electron chi connectivity index (χ0n) is 17.8. The van der Waals surface area contributed by atoms with Gasteiger partial charge < -0.3 is 14.5 Å². The molecule has 5 heteroatoms. The molecule has 1 aromatic carbocycles. The average molecular weight is 400 g/mol. The fourth-order valence-electron chi connectivity index (χ4n) is 4.43. The Morgan fingerprint density at radius 3 is 2.76 bits per heavy atom. The molecule has 1 saturated carbocycles. The highest BCUT2D eigenvalue weighted by molar-refractivity contribution is 5.83. The van der Waals surface area contributed by atoms with E-state index in [1.54, 1.807) is 0 Å². The Balaban J connectivity index is 1.39. The molecule has 1 N–H and O–H groups in total. The predicted molar refractivity (Wildman–Crippen MR) is 113 cm³/mol. The normalized spacial score (nSPS) is 22.0. The molecule has 1 aromatic heterocycles. The van der Waals surface area contributed by atoms with Gasteiger partial charge in [-0.3, -0.25) is 4.79 Å². The van der Waals surface area contributed by atoms with E-state index in [-0.39, 0.29) is 18.7 Å². The van der Waals surface area contributed by atoms with Crippen LogP contribution in [-0.4, -0.2) is 29.6 Å². The summed E-state index contributed by atoms with van der Waals surface area (Å²) in [5.74, 6) is 0.656. The van der Waals surface area contributed by atoms with Crippen LogP contribution in [0.3, 0.4) is 0 Å². The third-order valence-electron chi connectivity index (χ3n) is 6.10. The molecule has 0 amide bonds. The van der Waals surface area contributed by atoms with E-state index in [4.69, 9.17) is 9.47 Å². The van der Waals surface area contributed by atoms with Gasteiger partial charge in [-0.25, -0.2) is 4.79 Å². The van der Waals surface area contributed by atoms with Crippen molar-refractivity contribution in [3.05, 3.63) is 36.0 Å². The number of aryl methyl sites for hydroxylation is 1. The number of para-hydroxylation sites is 1. The van der Waals surface area contributed by atoms with E-state index in [0.717, 1.165) is 24.8 Å². The molecule has 0 spiro atoms. The minimum absolute atomic E-state index is 0.0631. The number of benzene rings is 1. The second-order valence-electron chi connectivity index (χ2n) is 8.73. The lowest BCUT2D eigenvalue weighted by Gasteiger charge is -2.36. The second-order valence-corrected chi connectivity index (χ2v) is 8.73. The van der Waals surface area contributed by atoms with Crippen LogP contribution in [0.25, 0.3) is 10.9 Å². The van der Waals surface area contributed by atoms with Gasteiger partial charge in [0.1, 0.15) is 6.10 Å². The van der Waals surface area contributed by atoms with Gasteiger partial charge in [0.15, 0.2) is 6.61 Å². The van der Waals surface area contributed by atoms with Crippen molar-refractivity contribution in [3.8, 4) is 0 Å². The van der Waals surface area contributed by atoms with Crippen molar-refractivity contribution in [2.24, 2.45) is 17.8 Å². The molecule has 0 saturated heterocycles. The third kappa shape index (κ3) is 5.84. The molecule has 1 aliphatic carbocycles. The van der Waals surface area contributed by atoms with Gasteiger partial charge in [0.2, 0.25) is 0 Å². The van der Waals surface area contributed by atoms with Crippen LogP contribution < -0.4 is 0 Å². The number of ether oxygens (including phenoxy) is 2. The Labute approximate surface area is 173 Å². The molecule has 29 heavy (non-hydrogen) atoms. The highest BCUT2D eigenvalue weighted by atomic mass is 16.6. The van der Waals surface area contributed by atoms with Crippen molar-refractivity contribution in [2.45, 2.75) is 65.4 Å². The Kier molecular flexibility index (Phi) is 7.34. The molecule has 158 valence electrons. The topological polar surface area (TPSA) is 68.4 Å². The molecule has 0 aliphatic heterocycles. The number of carbonyl (C=O) groups excluding carboxylic acids is 2. The molecule has 0 radical (unpaired) electrons. The summed E-state index contributed by atoms with van der Waals surface area (Å²) < 4.78 is 10.8. The SMILES string of the molecule is CC(C)[C@H]1CC[C@H](C)C[C@@H]1OC(=O)COC(=O)CCCc1c[nH]c2ccccc12. The third-order valence-corrected chi connectivity index (χ3v) is 6.10. The standard InChI is InChI=1S/C24H33NO4/c1-16(2)19-12-11-17(3)13-22(19)29-24(27)15-28-23(26)10-6-7-18-14-25-21-9-5-4-8-20(18)21/h4-5,8-9,14,16-17,19,22,25H,6-7,10-13,15H2,1-3H3/t17-,19+,22-/m0/s1. The van der Waals surface area contributed by atoms with Crippen molar-refractivity contribution in [1.29, 1.82) is 0 Å². The average Bonchev–Trinajstić information content (AvgIpc) is 3.09. The number of hydrogen-bond donors (Lipinski definition) is 1. The van der Waals surface area contributed by atoms with Crippen molar-refractivity contribution in [3.63, 3.8) is 0 Å². The van der Waals surface area contributed by atoms with Crippen molar-refractivity contribution >= 4 is 22.8 Å². The summed E-state index contributed by atoms with van der Waals surface area (Å²) in [6, 6.07) is 8.12. The molecule has 2 aromatic rings. The van der Waals surface area contributed by atoms with Gasteiger partial charge in [0.05, 0.1) is 0 Å². The molecule has 0 unspecified atom stereocenters. The first-order chi connectivity index (χ1) is 13.9. The fraction of sp³-hybridized carbons (Fsp3) is 0.583. The van der Waals surface area contributed by atoms with Crippen molar-refractivity contribution in [2.75, 3.05) is 6.61 Å². The second kappa shape index (κ2) is 9.95. The number of aromatic amines is 1. The maximum absolute atomic E-state index is 12.2. The Morgan fingerprint density at radius 1 is 1.17 bits per heavy atom. The zero-order valence-corrected chi connectivity index (χ0v) is 17.8. The van der Waals surface area contributed by atoms with Gasteiger partial charge >= 0.3 is 11.9 Å². The Morgan fingerprint density at radius 2 is 1.97 bits per heavy atom. The number of rotatable bonds is 8. The summed E-state index contributed by atoms with van der Waals surface area (Å²) >= 11 is 0. The summed E-state index contributed by atoms with van der Waals surface area (Å²) in [6.07, 6.45) is 6.86. The molecule has 1 heterocycles. The summed E-state index contributed by atoms with van der Waals surface area (Å²) in [4.78, 5) is 27.5. The lowest BCUT2D eigenvalue weighted by molar-refractivity contribution is -0.167. The number of carbonyl (C=O) groups is 2. The van der Waals surface area contributed by atoms with E-state index in [1.807, 2.05) is 24.4 Å². The number of hydrogen-bond acceptors (Lipinski definition) is 4. The van der Waals surface area contributed by atoms with Crippen LogP contribution in [0.15, 0.2) is 30.5 Å². The summed E-state index contributed by atoms with van der Waals surface area (Å²) in [5.41, 5.74) is 2.29. The minimum atomic E-state index is -0.431. The first-order valence-electron chi connectivity index (χ1n) is 10.8. The lowest BCUT2D eigenvalue weighted by atomic mass is 9.75. The Hall–Kier alpha value is -2.30. The van der Waals surface area contributed by atoms with Crippen LogP contribution >= 0.6 is 0 Å². The quantitative estimate of drug-likeness (QED) is 0.632. The maximum Gasteiger partial charge on any atom is 0.344 e. The molecule has 0 bridgehead atoms. The van der Waals surface area contributed by atoms with Crippen LogP contribution in [0.2, 0.25) is 0 Å². The van der Waals surface area contributed by atoms with Crippen LogP contribution in [0.5, 0.6) is 0 Å². The van der Waals surface area contributed by atoms with E-state index < -0.39 is 5.97 Å². The van der Waals surface area contributed by atoms with E-state index in [0.29, 0.717) is 30.6 Å². The van der Waals surface area contributed by atoms with Gasteiger partial charge in [0.25, 0.3) is 0 Å². The molecule has 3 atom stereocenters. The first-order valence-corrected chi connectivity index (χ1v) is 10.8. The number of H-pyrrole nitrogens is 1. The molecule has 3 rings (SSSR count). The number of esters is 2. The van der Waals surface area contributed by atoms with Crippen LogP contribution in [0, 0.1) is 17.8 Å². The number of nitrogens with one attached hydrogen (secondary N) is 1. The number of fused-ring (bicyclic) bond motifs is 1. The summed E-state index contributed by atoms with van der Waals surface area (Å²) in [6.45, 7) is 6.26. The first kappa shape index (κ1) is 21.4. The van der Waals surface area contributed by atoms with E-state index in [1.165, 1.54) is 17.4 Å². The van der Waals surface area contributed by atoms with E-state index >= 15 is 0 Å². The van der Waals surface area contributed by atoms with Crippen LogP contribution in [0.4, 0.5) is 0 Å². The molecular formula is C24H33NO4. The molecule has 1 aliphatic rings. The monoisotopic (exact) mass is 399 g/mol. The Bertz CT molecular complexity index is 825. The lowest BCUT2D eigenvalue weighted by Crippen LogP contribution is -2.36. The van der Waals surface area contributed by atoms with Crippen LogP contribution in [0.1, 0.15) is 58.4 Å². The smallest absolute Gasteiger partial charge is 0.344 e. The van der Waals surface area contributed by atoms with Crippen LogP contribution in [-0.2, 0) is 25.5 Å². The largest absolute Gasteiger partial charge is 0.460 e. The van der Waals surface area contributed by atoms with Gasteiger partial charge in [-0.05, 0) is 55.1 Å². The van der Waals surface area contributed by atoms with E-state index in [2.05, 4.69) is 31.8 Å². The molecular weight excluding hydrogens is 366 g/mol. The highest BCUT2D eigenvalue weighted by Crippen LogP contribution is 2.35. The predicted octanol–water partition coefficient (Wildman–Crippen LogP) is 5.04.